The summed E-state index contributed by atoms with van der Waals surface area (Å²) in [4.78, 5) is 20.1. The molecule has 0 aliphatic carbocycles. The van der Waals surface area contributed by atoms with E-state index in [2.05, 4.69) is 22.9 Å². The van der Waals surface area contributed by atoms with Crippen LogP contribution in [-0.2, 0) is 18.2 Å². The van der Waals surface area contributed by atoms with E-state index in [0.29, 0.717) is 13.2 Å². The Morgan fingerprint density at radius 2 is 0.667 bits per heavy atom. The number of hydrogen-bond donors (Lipinski definition) is 0. The van der Waals surface area contributed by atoms with Gasteiger partial charge in [-0.1, -0.05) is 129 Å². The van der Waals surface area contributed by atoms with Crippen molar-refractivity contribution in [1.29, 1.82) is 0 Å². The molecular weight excluding hydrogens is 486 g/mol. The number of hydrogen-bond acceptors (Lipinski definition) is 6. The maximum atomic E-state index is 10.1. The van der Waals surface area contributed by atoms with Gasteiger partial charge in [-0.15, -0.1) is 9.05 Å². The first-order valence-electron chi connectivity index (χ1n) is 13.1. The van der Waals surface area contributed by atoms with E-state index < -0.39 is 16.5 Å². The monoisotopic (exact) mass is 536 g/mol. The fraction of sp³-hybridized carbons (Fsp3) is 1.00. The summed E-state index contributed by atoms with van der Waals surface area (Å²) in [5.74, 6) is 0. The molecule has 0 spiro atoms. The van der Waals surface area contributed by atoms with Crippen molar-refractivity contribution in [2.24, 2.45) is 0 Å². The first kappa shape index (κ1) is 38.8. The Kier molecular flexibility index (Phi) is 41.7. The van der Waals surface area contributed by atoms with Crippen LogP contribution in [0.3, 0.4) is 0 Å². The minimum Gasteiger partial charge on any atom is -0.566 e. The molecule has 0 saturated heterocycles. The average molecular weight is 537 g/mol. The fourth-order valence-electron chi connectivity index (χ4n) is 3.46. The molecular formula is C24H50CaO6P2+2. The molecule has 0 rings (SSSR count). The van der Waals surface area contributed by atoms with Crippen LogP contribution in [0.2, 0.25) is 0 Å². The summed E-state index contributed by atoms with van der Waals surface area (Å²) in [6.07, 6.45) is 25.0. The van der Waals surface area contributed by atoms with Crippen LogP contribution in [0, 0.1) is 0 Å². The van der Waals surface area contributed by atoms with Crippen molar-refractivity contribution in [3.63, 3.8) is 0 Å². The largest absolute Gasteiger partial charge is 2.00 e. The van der Waals surface area contributed by atoms with E-state index >= 15 is 0 Å². The molecule has 192 valence electrons. The summed E-state index contributed by atoms with van der Waals surface area (Å²) in [7, 11) is -5.27. The standard InChI is InChI=1S/2C12H25O3P.Ca/c2*1-2-3-4-5-6-7-8-9-10-11-12-15-16(13)14;/h2*2-12H2,1H3;/q;;+2. The van der Waals surface area contributed by atoms with Gasteiger partial charge in [0, 0.05) is 0 Å². The SMILES string of the molecule is CCCCCCCCCCCCO[P+](=O)[O-].CCCCCCCCCCCCO[P+](=O)[O-].[Ca+2]. The topological polar surface area (TPSA) is 98.7 Å². The van der Waals surface area contributed by atoms with Gasteiger partial charge in [-0.2, -0.15) is 0 Å². The third kappa shape index (κ3) is 43.8. The molecule has 0 aromatic heterocycles. The molecule has 0 fully saturated rings. The molecule has 2 unspecified atom stereocenters. The Labute approximate surface area is 236 Å². The Bertz CT molecular complexity index is 367. The molecule has 6 nitrogen and oxygen atoms in total. The van der Waals surface area contributed by atoms with Gasteiger partial charge >= 0.3 is 54.2 Å². The van der Waals surface area contributed by atoms with Crippen molar-refractivity contribution < 1.29 is 28.0 Å². The van der Waals surface area contributed by atoms with Crippen LogP contribution in [0.25, 0.3) is 0 Å². The summed E-state index contributed by atoms with van der Waals surface area (Å²) >= 11 is 0. The van der Waals surface area contributed by atoms with Crippen molar-refractivity contribution in [3.8, 4) is 0 Å². The van der Waals surface area contributed by atoms with Crippen LogP contribution in [-0.4, -0.2) is 51.0 Å². The fourth-order valence-corrected chi connectivity index (χ4v) is 4.01. The van der Waals surface area contributed by atoms with Crippen LogP contribution in [0.1, 0.15) is 142 Å². The van der Waals surface area contributed by atoms with Gasteiger partial charge in [0.1, 0.15) is 13.2 Å². The predicted molar refractivity (Wildman–Crippen MR) is 137 cm³/mol. The van der Waals surface area contributed by atoms with Gasteiger partial charge in [0.05, 0.1) is 0 Å². The van der Waals surface area contributed by atoms with E-state index in [4.69, 9.17) is 0 Å². The van der Waals surface area contributed by atoms with E-state index in [1.807, 2.05) is 0 Å². The Morgan fingerprint density at radius 3 is 0.879 bits per heavy atom. The van der Waals surface area contributed by atoms with Crippen molar-refractivity contribution in [2.45, 2.75) is 142 Å². The van der Waals surface area contributed by atoms with Gasteiger partial charge in [-0.3, -0.25) is 0 Å². The first-order valence-corrected chi connectivity index (χ1v) is 15.3. The summed E-state index contributed by atoms with van der Waals surface area (Å²) in [6, 6.07) is 0. The van der Waals surface area contributed by atoms with Gasteiger partial charge in [-0.25, -0.2) is 0 Å². The quantitative estimate of drug-likeness (QED) is 0.0719. The van der Waals surface area contributed by atoms with Crippen LogP contribution in [0.5, 0.6) is 0 Å². The Hall–Kier alpha value is 1.30. The van der Waals surface area contributed by atoms with Crippen molar-refractivity contribution in [2.75, 3.05) is 13.2 Å². The maximum absolute atomic E-state index is 10.1. The van der Waals surface area contributed by atoms with Crippen LogP contribution in [0.15, 0.2) is 0 Å². The zero-order chi connectivity index (χ0) is 24.1. The van der Waals surface area contributed by atoms with Crippen molar-refractivity contribution >= 4 is 54.2 Å². The second kappa shape index (κ2) is 35.5. The second-order valence-electron chi connectivity index (χ2n) is 8.48. The maximum Gasteiger partial charge on any atom is 2.00 e. The third-order valence-corrected chi connectivity index (χ3v) is 6.18. The van der Waals surface area contributed by atoms with E-state index in [1.54, 1.807) is 0 Å². The molecule has 0 N–H and O–H groups in total. The van der Waals surface area contributed by atoms with E-state index in [-0.39, 0.29) is 37.7 Å². The van der Waals surface area contributed by atoms with Crippen LogP contribution < -0.4 is 9.79 Å². The Morgan fingerprint density at radius 1 is 0.455 bits per heavy atom. The first-order chi connectivity index (χ1) is 15.5. The molecule has 0 radical (unpaired) electrons. The summed E-state index contributed by atoms with van der Waals surface area (Å²) in [6.45, 7) is 5.18. The molecule has 2 atom stereocenters. The third-order valence-electron chi connectivity index (χ3n) is 5.39. The molecule has 9 heteroatoms. The molecule has 0 heterocycles. The summed E-state index contributed by atoms with van der Waals surface area (Å²) < 4.78 is 29.1. The smallest absolute Gasteiger partial charge is 0.566 e. The summed E-state index contributed by atoms with van der Waals surface area (Å²) in [5.41, 5.74) is 0. The van der Waals surface area contributed by atoms with E-state index in [1.165, 1.54) is 103 Å². The minimum atomic E-state index is -2.64. The zero-order valence-corrected chi connectivity index (χ0v) is 25.6. The van der Waals surface area contributed by atoms with E-state index in [0.717, 1.165) is 25.7 Å². The molecule has 0 saturated carbocycles. The van der Waals surface area contributed by atoms with Gasteiger partial charge < -0.3 is 9.79 Å². The second-order valence-corrected chi connectivity index (χ2v) is 9.89. The minimum absolute atomic E-state index is 0. The van der Waals surface area contributed by atoms with Gasteiger partial charge in [-0.05, 0) is 22.0 Å². The molecule has 0 aliphatic rings. The molecule has 0 aromatic carbocycles. The predicted octanol–water partition coefficient (Wildman–Crippen LogP) is 7.50. The molecule has 0 aromatic rings. The number of rotatable bonds is 24. The molecule has 0 bridgehead atoms. The van der Waals surface area contributed by atoms with E-state index in [9.17, 15) is 18.9 Å². The van der Waals surface area contributed by atoms with Crippen LogP contribution in [0.4, 0.5) is 0 Å². The normalized spacial score (nSPS) is 11.4. The molecule has 0 aliphatic heterocycles. The van der Waals surface area contributed by atoms with Gasteiger partial charge in [0.25, 0.3) is 0 Å². The van der Waals surface area contributed by atoms with Crippen molar-refractivity contribution in [1.82, 2.24) is 0 Å². The van der Waals surface area contributed by atoms with Crippen LogP contribution >= 0.6 is 16.5 Å². The molecule has 33 heavy (non-hydrogen) atoms. The summed E-state index contributed by atoms with van der Waals surface area (Å²) in [5, 5.41) is 0. The Balaban J connectivity index is -0.000000529. The zero-order valence-electron chi connectivity index (χ0n) is 21.6. The van der Waals surface area contributed by atoms with Crippen molar-refractivity contribution in [3.05, 3.63) is 0 Å². The van der Waals surface area contributed by atoms with Gasteiger partial charge in [0.2, 0.25) is 0 Å². The average Bonchev–Trinajstić information content (AvgIpc) is 2.76. The number of unbranched alkanes of at least 4 members (excludes halogenated alkanes) is 18. The molecule has 0 amide bonds. The van der Waals surface area contributed by atoms with Gasteiger partial charge in [0.15, 0.2) is 0 Å².